The molecule has 0 radical (unpaired) electrons. The summed E-state index contributed by atoms with van der Waals surface area (Å²) in [7, 11) is 0. The number of carbonyl (C=O) groups is 1. The molecule has 0 aliphatic heterocycles. The maximum Gasteiger partial charge on any atom is 0.220 e. The van der Waals surface area contributed by atoms with E-state index in [4.69, 9.17) is 5.73 Å². The van der Waals surface area contributed by atoms with E-state index in [1.165, 1.54) is 0 Å². The number of rotatable bonds is 10. The minimum absolute atomic E-state index is 0.147. The maximum atomic E-state index is 11.6. The molecular formula is C13H26N2OS. The molecular weight excluding hydrogens is 232 g/mol. The van der Waals surface area contributed by atoms with Gasteiger partial charge in [-0.1, -0.05) is 19.9 Å². The molecule has 0 bridgehead atoms. The zero-order chi connectivity index (χ0) is 13.1. The lowest BCUT2D eigenvalue weighted by atomic mass is 9.84. The Morgan fingerprint density at radius 1 is 1.47 bits per heavy atom. The van der Waals surface area contributed by atoms with E-state index in [1.807, 2.05) is 6.08 Å². The monoisotopic (exact) mass is 258 g/mol. The highest BCUT2D eigenvalue weighted by atomic mass is 32.2. The minimum atomic E-state index is 0.147. The first kappa shape index (κ1) is 16.5. The molecule has 0 unspecified atom stereocenters. The van der Waals surface area contributed by atoms with E-state index in [-0.39, 0.29) is 11.3 Å². The van der Waals surface area contributed by atoms with Crippen LogP contribution >= 0.6 is 11.8 Å². The van der Waals surface area contributed by atoms with Gasteiger partial charge < -0.3 is 11.1 Å². The van der Waals surface area contributed by atoms with Crippen LogP contribution in [0.1, 0.15) is 33.1 Å². The second kappa shape index (κ2) is 9.54. The predicted octanol–water partition coefficient (Wildman–Crippen LogP) is 2.18. The lowest BCUT2D eigenvalue weighted by Gasteiger charge is -2.23. The van der Waals surface area contributed by atoms with Gasteiger partial charge in [0.05, 0.1) is 0 Å². The Morgan fingerprint density at radius 2 is 2.18 bits per heavy atom. The van der Waals surface area contributed by atoms with Crippen molar-refractivity contribution in [2.24, 2.45) is 11.1 Å². The van der Waals surface area contributed by atoms with Crippen LogP contribution in [0.15, 0.2) is 12.7 Å². The zero-order valence-corrected chi connectivity index (χ0v) is 11.9. The summed E-state index contributed by atoms with van der Waals surface area (Å²) in [6.07, 6.45) is 4.34. The van der Waals surface area contributed by atoms with Crippen LogP contribution in [0.4, 0.5) is 0 Å². The van der Waals surface area contributed by atoms with Crippen LogP contribution < -0.4 is 11.1 Å². The van der Waals surface area contributed by atoms with E-state index >= 15 is 0 Å². The first-order valence-corrected chi connectivity index (χ1v) is 7.33. The topological polar surface area (TPSA) is 55.1 Å². The average molecular weight is 258 g/mol. The molecule has 0 aromatic rings. The van der Waals surface area contributed by atoms with Gasteiger partial charge in [-0.15, -0.1) is 6.58 Å². The van der Waals surface area contributed by atoms with Crippen LogP contribution in [-0.2, 0) is 4.79 Å². The van der Waals surface area contributed by atoms with Crippen LogP contribution in [0.5, 0.6) is 0 Å². The molecule has 0 atom stereocenters. The summed E-state index contributed by atoms with van der Waals surface area (Å²) in [5, 5.41) is 2.93. The molecule has 100 valence electrons. The van der Waals surface area contributed by atoms with Gasteiger partial charge in [0.1, 0.15) is 0 Å². The van der Waals surface area contributed by atoms with Gasteiger partial charge in [-0.3, -0.25) is 4.79 Å². The van der Waals surface area contributed by atoms with Gasteiger partial charge in [-0.2, -0.15) is 11.8 Å². The first-order valence-electron chi connectivity index (χ1n) is 6.17. The molecule has 4 heteroatoms. The molecule has 0 rings (SSSR count). The largest absolute Gasteiger partial charge is 0.355 e. The van der Waals surface area contributed by atoms with Crippen molar-refractivity contribution >= 4 is 17.7 Å². The molecule has 1 amide bonds. The third-order valence-corrected chi connectivity index (χ3v) is 3.62. The van der Waals surface area contributed by atoms with Crippen molar-refractivity contribution in [2.75, 3.05) is 24.6 Å². The van der Waals surface area contributed by atoms with E-state index in [0.29, 0.717) is 13.0 Å². The number of hydrogen-bond donors (Lipinski definition) is 2. The molecule has 3 N–H and O–H groups in total. The van der Waals surface area contributed by atoms with Crippen molar-refractivity contribution in [1.29, 1.82) is 0 Å². The van der Waals surface area contributed by atoms with Crippen molar-refractivity contribution in [1.82, 2.24) is 5.32 Å². The zero-order valence-electron chi connectivity index (χ0n) is 11.1. The number of thioether (sulfide) groups is 1. The molecule has 17 heavy (non-hydrogen) atoms. The van der Waals surface area contributed by atoms with E-state index in [0.717, 1.165) is 30.9 Å². The Balaban J connectivity index is 3.55. The molecule has 0 saturated heterocycles. The number of nitrogens with one attached hydrogen (secondary N) is 1. The summed E-state index contributed by atoms with van der Waals surface area (Å²) in [5.74, 6) is 2.04. The van der Waals surface area contributed by atoms with Gasteiger partial charge >= 0.3 is 0 Å². The molecule has 0 aliphatic carbocycles. The highest BCUT2D eigenvalue weighted by molar-refractivity contribution is 7.99. The third kappa shape index (κ3) is 10.4. The minimum Gasteiger partial charge on any atom is -0.355 e. The number of carbonyl (C=O) groups excluding carboxylic acids is 1. The number of hydrogen-bond acceptors (Lipinski definition) is 3. The summed E-state index contributed by atoms with van der Waals surface area (Å²) in [6.45, 7) is 9.40. The standard InChI is InChI=1S/C13H26N2OS/c1-4-10-17-11-9-15-12(16)5-6-13(2,3)7-8-14/h4H,1,5-11,14H2,2-3H3,(H,15,16). The van der Waals surface area contributed by atoms with Gasteiger partial charge in [0.15, 0.2) is 0 Å². The molecule has 0 fully saturated rings. The highest BCUT2D eigenvalue weighted by Crippen LogP contribution is 2.25. The Kier molecular flexibility index (Phi) is 9.27. The SMILES string of the molecule is C=CCSCCNC(=O)CCC(C)(C)CCN. The molecule has 0 spiro atoms. The highest BCUT2D eigenvalue weighted by Gasteiger charge is 2.17. The van der Waals surface area contributed by atoms with Crippen LogP contribution in [-0.4, -0.2) is 30.5 Å². The van der Waals surface area contributed by atoms with Crippen LogP contribution in [0.2, 0.25) is 0 Å². The van der Waals surface area contributed by atoms with Crippen LogP contribution in [0.25, 0.3) is 0 Å². The van der Waals surface area contributed by atoms with E-state index < -0.39 is 0 Å². The normalized spacial score (nSPS) is 11.2. The Hall–Kier alpha value is -0.480. The maximum absolute atomic E-state index is 11.6. The van der Waals surface area contributed by atoms with Gasteiger partial charge in [0.25, 0.3) is 0 Å². The fraction of sp³-hybridized carbons (Fsp3) is 0.769. The quantitative estimate of drug-likeness (QED) is 0.466. The van der Waals surface area contributed by atoms with Gasteiger partial charge in [-0.25, -0.2) is 0 Å². The molecule has 0 heterocycles. The van der Waals surface area contributed by atoms with Crippen molar-refractivity contribution < 1.29 is 4.79 Å². The molecule has 0 saturated carbocycles. The molecule has 0 aromatic heterocycles. The Morgan fingerprint density at radius 3 is 2.76 bits per heavy atom. The lowest BCUT2D eigenvalue weighted by molar-refractivity contribution is -0.121. The van der Waals surface area contributed by atoms with Gasteiger partial charge in [0, 0.05) is 24.5 Å². The third-order valence-electron chi connectivity index (χ3n) is 2.65. The van der Waals surface area contributed by atoms with Gasteiger partial charge in [-0.05, 0) is 24.8 Å². The van der Waals surface area contributed by atoms with Crippen molar-refractivity contribution in [2.45, 2.75) is 33.1 Å². The van der Waals surface area contributed by atoms with Crippen molar-refractivity contribution in [3.63, 3.8) is 0 Å². The molecule has 0 aromatic carbocycles. The average Bonchev–Trinajstić information content (AvgIpc) is 2.26. The Bertz CT molecular complexity index is 229. The fourth-order valence-electron chi connectivity index (χ4n) is 1.49. The lowest BCUT2D eigenvalue weighted by Crippen LogP contribution is -2.27. The van der Waals surface area contributed by atoms with E-state index in [9.17, 15) is 4.79 Å². The Labute approximate surface area is 110 Å². The fourth-order valence-corrected chi connectivity index (χ4v) is 2.07. The van der Waals surface area contributed by atoms with Gasteiger partial charge in [0.2, 0.25) is 5.91 Å². The van der Waals surface area contributed by atoms with Crippen LogP contribution in [0, 0.1) is 5.41 Å². The summed E-state index contributed by atoms with van der Waals surface area (Å²) in [6, 6.07) is 0. The summed E-state index contributed by atoms with van der Waals surface area (Å²) in [5.41, 5.74) is 5.71. The number of amides is 1. The molecule has 3 nitrogen and oxygen atoms in total. The predicted molar refractivity (Wildman–Crippen MR) is 77.2 cm³/mol. The second-order valence-corrected chi connectivity index (χ2v) is 6.07. The first-order chi connectivity index (χ1) is 8.02. The van der Waals surface area contributed by atoms with Crippen molar-refractivity contribution in [3.05, 3.63) is 12.7 Å². The summed E-state index contributed by atoms with van der Waals surface area (Å²) < 4.78 is 0. The van der Waals surface area contributed by atoms with Crippen LogP contribution in [0.3, 0.4) is 0 Å². The summed E-state index contributed by atoms with van der Waals surface area (Å²) >= 11 is 1.78. The van der Waals surface area contributed by atoms with Crippen molar-refractivity contribution in [3.8, 4) is 0 Å². The van der Waals surface area contributed by atoms with E-state index in [2.05, 4.69) is 25.7 Å². The number of nitrogens with two attached hydrogens (primary N) is 1. The molecule has 0 aliphatic rings. The smallest absolute Gasteiger partial charge is 0.220 e. The summed E-state index contributed by atoms with van der Waals surface area (Å²) in [4.78, 5) is 11.6. The second-order valence-electron chi connectivity index (χ2n) is 4.92. The van der Waals surface area contributed by atoms with E-state index in [1.54, 1.807) is 11.8 Å².